The Morgan fingerprint density at radius 2 is 1.67 bits per heavy atom. The lowest BCUT2D eigenvalue weighted by Crippen LogP contribution is -2.45. The van der Waals surface area contributed by atoms with Crippen molar-refractivity contribution >= 4 is 51.4 Å². The molecule has 2 aromatic carbocycles. The van der Waals surface area contributed by atoms with Crippen LogP contribution in [0.15, 0.2) is 58.7 Å². The first-order valence-corrected chi connectivity index (χ1v) is 10.4. The molecule has 0 aliphatic heterocycles. The maximum absolute atomic E-state index is 12.8. The predicted octanol–water partition coefficient (Wildman–Crippen LogP) is 4.49. The van der Waals surface area contributed by atoms with Gasteiger partial charge in [0.05, 0.1) is 0 Å². The van der Waals surface area contributed by atoms with Gasteiger partial charge in [0.15, 0.2) is 0 Å². The fraction of sp³-hybridized carbons (Fsp3) is 0.227. The number of halogens is 2. The van der Waals surface area contributed by atoms with Gasteiger partial charge in [-0.25, -0.2) is 4.79 Å². The third-order valence-electron chi connectivity index (χ3n) is 4.09. The van der Waals surface area contributed by atoms with Gasteiger partial charge in [-0.05, 0) is 60.4 Å². The second-order valence-corrected chi connectivity index (χ2v) is 8.42. The van der Waals surface area contributed by atoms with Crippen molar-refractivity contribution in [1.29, 1.82) is 0 Å². The third kappa shape index (κ3) is 7.31. The van der Waals surface area contributed by atoms with Crippen molar-refractivity contribution in [2.45, 2.75) is 26.3 Å². The Bertz CT molecular complexity index is 941. The molecule has 30 heavy (non-hydrogen) atoms. The second-order valence-electron chi connectivity index (χ2n) is 7.06. The maximum Gasteiger partial charge on any atom is 0.326 e. The van der Waals surface area contributed by atoms with Crippen molar-refractivity contribution in [2.75, 3.05) is 0 Å². The lowest BCUT2D eigenvalue weighted by molar-refractivity contribution is -0.141. The first-order valence-electron chi connectivity index (χ1n) is 9.23. The van der Waals surface area contributed by atoms with Gasteiger partial charge in [-0.1, -0.05) is 53.5 Å². The summed E-state index contributed by atoms with van der Waals surface area (Å²) < 4.78 is 0.812. The van der Waals surface area contributed by atoms with E-state index in [0.29, 0.717) is 16.1 Å². The molecule has 158 valence electrons. The number of carboxylic acid groups (broad SMARTS) is 1. The monoisotopic (exact) mass is 492 g/mol. The summed E-state index contributed by atoms with van der Waals surface area (Å²) in [5, 5.41) is 15.0. The van der Waals surface area contributed by atoms with Crippen LogP contribution in [0.5, 0.6) is 0 Å². The van der Waals surface area contributed by atoms with Crippen LogP contribution in [0.3, 0.4) is 0 Å². The molecule has 0 saturated carbocycles. The van der Waals surface area contributed by atoms with Gasteiger partial charge < -0.3 is 15.7 Å². The molecule has 1 unspecified atom stereocenters. The lowest BCUT2D eigenvalue weighted by atomic mass is 10.0. The number of amides is 2. The van der Waals surface area contributed by atoms with Crippen LogP contribution >= 0.6 is 27.5 Å². The van der Waals surface area contributed by atoms with E-state index in [9.17, 15) is 19.5 Å². The number of benzene rings is 2. The van der Waals surface area contributed by atoms with E-state index in [0.717, 1.165) is 4.47 Å². The molecule has 0 aliphatic carbocycles. The van der Waals surface area contributed by atoms with E-state index >= 15 is 0 Å². The minimum atomic E-state index is -1.14. The first kappa shape index (κ1) is 23.6. The van der Waals surface area contributed by atoms with E-state index < -0.39 is 23.8 Å². The number of nitrogens with one attached hydrogen (secondary N) is 2. The average Bonchev–Trinajstić information content (AvgIpc) is 2.68. The number of carboxylic acids is 1. The zero-order valence-electron chi connectivity index (χ0n) is 16.5. The van der Waals surface area contributed by atoms with Crippen molar-refractivity contribution < 1.29 is 19.5 Å². The molecular weight excluding hydrogens is 472 g/mol. The van der Waals surface area contributed by atoms with Gasteiger partial charge in [0.25, 0.3) is 11.8 Å². The number of carbonyl (C=O) groups is 3. The standard InChI is InChI=1S/C22H22BrClN2O4/c1-13(2)11-19(22(29)30)26-21(28)18(12-14-3-9-17(24)10-4-14)25-20(27)15-5-7-16(23)8-6-15/h3-10,12-13,19H,11H2,1-2H3,(H,25,27)(H,26,28)(H,29,30)/b18-12+. The topological polar surface area (TPSA) is 95.5 Å². The van der Waals surface area contributed by atoms with Gasteiger partial charge >= 0.3 is 5.97 Å². The van der Waals surface area contributed by atoms with Crippen LogP contribution < -0.4 is 10.6 Å². The lowest BCUT2D eigenvalue weighted by Gasteiger charge is -2.18. The Balaban J connectivity index is 2.31. The zero-order valence-corrected chi connectivity index (χ0v) is 18.8. The first-order chi connectivity index (χ1) is 14.2. The molecule has 0 aliphatic rings. The molecule has 0 bridgehead atoms. The van der Waals surface area contributed by atoms with Gasteiger partial charge in [0, 0.05) is 15.1 Å². The SMILES string of the molecule is CC(C)CC(NC(=O)/C(=C\c1ccc(Cl)cc1)NC(=O)c1ccc(Br)cc1)C(=O)O. The second kappa shape index (κ2) is 10.9. The van der Waals surface area contributed by atoms with Crippen molar-refractivity contribution in [1.82, 2.24) is 10.6 Å². The molecule has 2 rings (SSSR count). The minimum absolute atomic E-state index is 0.0625. The minimum Gasteiger partial charge on any atom is -0.480 e. The highest BCUT2D eigenvalue weighted by atomic mass is 79.9. The Morgan fingerprint density at radius 1 is 1.07 bits per heavy atom. The highest BCUT2D eigenvalue weighted by Crippen LogP contribution is 2.14. The normalized spacial score (nSPS) is 12.4. The van der Waals surface area contributed by atoms with Crippen molar-refractivity contribution in [3.63, 3.8) is 0 Å². The summed E-state index contributed by atoms with van der Waals surface area (Å²) >= 11 is 9.21. The number of rotatable bonds is 8. The average molecular weight is 494 g/mol. The molecule has 2 amide bonds. The van der Waals surface area contributed by atoms with E-state index in [1.54, 1.807) is 48.5 Å². The molecule has 3 N–H and O–H groups in total. The number of hydrogen-bond donors (Lipinski definition) is 3. The van der Waals surface area contributed by atoms with E-state index in [1.165, 1.54) is 6.08 Å². The van der Waals surface area contributed by atoms with Crippen LogP contribution in [0, 0.1) is 5.92 Å². The zero-order chi connectivity index (χ0) is 22.3. The molecular formula is C22H22BrClN2O4. The molecule has 0 spiro atoms. The van der Waals surface area contributed by atoms with Gasteiger partial charge in [-0.2, -0.15) is 0 Å². The molecule has 0 radical (unpaired) electrons. The Kier molecular flexibility index (Phi) is 8.62. The molecule has 1 atom stereocenters. The Hall–Kier alpha value is -2.64. The van der Waals surface area contributed by atoms with Gasteiger partial charge in [0.1, 0.15) is 11.7 Å². The largest absolute Gasteiger partial charge is 0.480 e. The smallest absolute Gasteiger partial charge is 0.326 e. The summed E-state index contributed by atoms with van der Waals surface area (Å²) in [7, 11) is 0. The van der Waals surface area contributed by atoms with Crippen LogP contribution in [0.1, 0.15) is 36.2 Å². The fourth-order valence-electron chi connectivity index (χ4n) is 2.61. The van der Waals surface area contributed by atoms with E-state index in [4.69, 9.17) is 11.6 Å². The van der Waals surface area contributed by atoms with Crippen molar-refractivity contribution in [2.24, 2.45) is 5.92 Å². The fourth-order valence-corrected chi connectivity index (χ4v) is 3.00. The highest BCUT2D eigenvalue weighted by molar-refractivity contribution is 9.10. The van der Waals surface area contributed by atoms with Crippen molar-refractivity contribution in [3.05, 3.63) is 74.9 Å². The van der Waals surface area contributed by atoms with Crippen molar-refractivity contribution in [3.8, 4) is 0 Å². The molecule has 8 heteroatoms. The van der Waals surface area contributed by atoms with E-state index in [-0.39, 0.29) is 18.0 Å². The quantitative estimate of drug-likeness (QED) is 0.472. The number of aliphatic carboxylic acids is 1. The highest BCUT2D eigenvalue weighted by Gasteiger charge is 2.24. The molecule has 0 fully saturated rings. The van der Waals surface area contributed by atoms with E-state index in [1.807, 2.05) is 13.8 Å². The summed E-state index contributed by atoms with van der Waals surface area (Å²) in [6.07, 6.45) is 1.73. The summed E-state index contributed by atoms with van der Waals surface area (Å²) in [6, 6.07) is 12.2. The molecule has 2 aromatic rings. The molecule has 0 saturated heterocycles. The van der Waals surface area contributed by atoms with Gasteiger partial charge in [-0.15, -0.1) is 0 Å². The maximum atomic E-state index is 12.8. The molecule has 6 nitrogen and oxygen atoms in total. The third-order valence-corrected chi connectivity index (χ3v) is 4.87. The van der Waals surface area contributed by atoms with Gasteiger partial charge in [0.2, 0.25) is 0 Å². The van der Waals surface area contributed by atoms with Crippen LogP contribution in [0.2, 0.25) is 5.02 Å². The van der Waals surface area contributed by atoms with Crippen LogP contribution in [-0.4, -0.2) is 28.9 Å². The Morgan fingerprint density at radius 3 is 2.20 bits per heavy atom. The Labute approximate surface area is 188 Å². The summed E-state index contributed by atoms with van der Waals surface area (Å²) in [6.45, 7) is 3.73. The van der Waals surface area contributed by atoms with Gasteiger partial charge in [-0.3, -0.25) is 9.59 Å². The molecule has 0 aromatic heterocycles. The van der Waals surface area contributed by atoms with Crippen LogP contribution in [0.25, 0.3) is 6.08 Å². The van der Waals surface area contributed by atoms with E-state index in [2.05, 4.69) is 26.6 Å². The number of carbonyl (C=O) groups excluding carboxylic acids is 2. The number of hydrogen-bond acceptors (Lipinski definition) is 3. The summed E-state index contributed by atoms with van der Waals surface area (Å²) in [4.78, 5) is 37.0. The van der Waals surface area contributed by atoms with Crippen LogP contribution in [-0.2, 0) is 9.59 Å². The van der Waals surface area contributed by atoms with Crippen LogP contribution in [0.4, 0.5) is 0 Å². The predicted molar refractivity (Wildman–Crippen MR) is 120 cm³/mol. The summed E-state index contributed by atoms with van der Waals surface area (Å²) in [5.74, 6) is -2.26. The molecule has 0 heterocycles. The summed E-state index contributed by atoms with van der Waals surface area (Å²) in [5.41, 5.74) is 0.904.